The van der Waals surface area contributed by atoms with E-state index in [1.807, 2.05) is 32.0 Å². The third-order valence-electron chi connectivity index (χ3n) is 6.79. The van der Waals surface area contributed by atoms with Gasteiger partial charge < -0.3 is 16.0 Å². The molecular formula is C24H31N7O4. The molecule has 1 aromatic heterocycles. The summed E-state index contributed by atoms with van der Waals surface area (Å²) in [4.78, 5) is 53.3. The van der Waals surface area contributed by atoms with Gasteiger partial charge in [0.05, 0.1) is 18.4 Å². The van der Waals surface area contributed by atoms with Crippen LogP contribution in [0.3, 0.4) is 0 Å². The molecule has 0 aliphatic carbocycles. The van der Waals surface area contributed by atoms with Gasteiger partial charge in [-0.2, -0.15) is 15.4 Å². The number of hydrogen-bond acceptors (Lipinski definition) is 6. The maximum atomic E-state index is 13.8. The number of benzene rings is 1. The molecule has 35 heavy (non-hydrogen) atoms. The fourth-order valence-electron chi connectivity index (χ4n) is 4.76. The van der Waals surface area contributed by atoms with Crippen molar-refractivity contribution in [3.05, 3.63) is 41.2 Å². The molecule has 11 heteroatoms. The van der Waals surface area contributed by atoms with Gasteiger partial charge in [-0.3, -0.25) is 24.1 Å². The van der Waals surface area contributed by atoms with Gasteiger partial charge in [0.1, 0.15) is 23.8 Å². The minimum absolute atomic E-state index is 0.106. The number of aryl methyl sites for hydroxylation is 1. The normalized spacial score (nSPS) is 20.4. The van der Waals surface area contributed by atoms with Gasteiger partial charge in [-0.05, 0) is 29.9 Å². The molecule has 1 unspecified atom stereocenters. The highest BCUT2D eigenvalue weighted by molar-refractivity contribution is 6.08. The SMILES string of the molecule is CCC(C)[C@H](NC(C)=O)C(=O)N[C@H]1CCc2cccc3c2N(C1=O)[C@H](C(=O)NCc1cn[nH]n1)C3. The molecule has 0 radical (unpaired) electrons. The summed E-state index contributed by atoms with van der Waals surface area (Å²) in [6.07, 6.45) is 3.58. The van der Waals surface area contributed by atoms with Crippen molar-refractivity contribution in [2.45, 2.75) is 71.1 Å². The van der Waals surface area contributed by atoms with Crippen LogP contribution in [0.25, 0.3) is 0 Å². The number of nitrogens with zero attached hydrogens (tertiary/aromatic N) is 3. The Hall–Kier alpha value is -3.76. The number of carbonyl (C=O) groups is 4. The summed E-state index contributed by atoms with van der Waals surface area (Å²) >= 11 is 0. The zero-order chi connectivity index (χ0) is 25.1. The molecule has 0 saturated heterocycles. The van der Waals surface area contributed by atoms with Gasteiger partial charge in [0, 0.05) is 13.3 Å². The van der Waals surface area contributed by atoms with Crippen LogP contribution in [0.5, 0.6) is 0 Å². The Bertz CT molecular complexity index is 1120. The lowest BCUT2D eigenvalue weighted by atomic mass is 9.97. The van der Waals surface area contributed by atoms with Crippen LogP contribution >= 0.6 is 0 Å². The number of para-hydroxylation sites is 1. The van der Waals surface area contributed by atoms with Crippen LogP contribution < -0.4 is 20.9 Å². The minimum Gasteiger partial charge on any atom is -0.348 e. The zero-order valence-corrected chi connectivity index (χ0v) is 20.1. The number of H-pyrrole nitrogens is 1. The molecule has 4 atom stereocenters. The van der Waals surface area contributed by atoms with E-state index in [-0.39, 0.29) is 30.2 Å². The van der Waals surface area contributed by atoms with E-state index < -0.39 is 24.0 Å². The summed E-state index contributed by atoms with van der Waals surface area (Å²) in [5.41, 5.74) is 3.24. The van der Waals surface area contributed by atoms with E-state index in [9.17, 15) is 19.2 Å². The van der Waals surface area contributed by atoms with Crippen molar-refractivity contribution < 1.29 is 19.2 Å². The Balaban J connectivity index is 1.56. The zero-order valence-electron chi connectivity index (χ0n) is 20.1. The highest BCUT2D eigenvalue weighted by Crippen LogP contribution is 2.39. The highest BCUT2D eigenvalue weighted by atomic mass is 16.2. The van der Waals surface area contributed by atoms with E-state index in [1.54, 1.807) is 0 Å². The smallest absolute Gasteiger partial charge is 0.250 e. The van der Waals surface area contributed by atoms with E-state index in [0.717, 1.165) is 16.8 Å². The second kappa shape index (κ2) is 10.2. The molecular weight excluding hydrogens is 450 g/mol. The molecule has 2 aliphatic rings. The van der Waals surface area contributed by atoms with Gasteiger partial charge in [0.25, 0.3) is 0 Å². The first kappa shape index (κ1) is 24.4. The van der Waals surface area contributed by atoms with Crippen molar-refractivity contribution in [1.29, 1.82) is 0 Å². The number of carbonyl (C=O) groups excluding carboxylic acids is 4. The lowest BCUT2D eigenvalue weighted by Gasteiger charge is -2.29. The topological polar surface area (TPSA) is 149 Å². The van der Waals surface area contributed by atoms with Crippen molar-refractivity contribution in [2.24, 2.45) is 5.92 Å². The molecule has 2 aliphatic heterocycles. The number of rotatable bonds is 8. The quantitative estimate of drug-likeness (QED) is 0.428. The molecule has 4 amide bonds. The standard InChI is InChI=1S/C24H31N7O4/c1-4-13(2)20(27-14(3)32)23(34)28-18-9-8-15-6-5-7-16-10-19(31(21(15)16)24(18)35)22(33)25-11-17-12-26-30-29-17/h5-7,12-13,18-20H,4,8-11H2,1-3H3,(H,25,33)(H,27,32)(H,28,34)(H,26,29,30)/t13?,18-,19-,20-/m0/s1. The van der Waals surface area contributed by atoms with Crippen molar-refractivity contribution in [3.8, 4) is 0 Å². The van der Waals surface area contributed by atoms with Gasteiger partial charge >= 0.3 is 0 Å². The molecule has 11 nitrogen and oxygen atoms in total. The van der Waals surface area contributed by atoms with E-state index in [1.165, 1.54) is 18.0 Å². The number of aromatic nitrogens is 3. The molecule has 4 N–H and O–H groups in total. The van der Waals surface area contributed by atoms with E-state index >= 15 is 0 Å². The van der Waals surface area contributed by atoms with Crippen molar-refractivity contribution in [2.75, 3.05) is 4.90 Å². The largest absolute Gasteiger partial charge is 0.348 e. The Morgan fingerprint density at radius 3 is 2.71 bits per heavy atom. The van der Waals surface area contributed by atoms with Crippen LogP contribution in [-0.2, 0) is 38.6 Å². The molecule has 1 aromatic carbocycles. The van der Waals surface area contributed by atoms with Gasteiger partial charge in [-0.25, -0.2) is 0 Å². The van der Waals surface area contributed by atoms with Gasteiger partial charge in [0.15, 0.2) is 0 Å². The van der Waals surface area contributed by atoms with Crippen LogP contribution in [0.15, 0.2) is 24.4 Å². The predicted molar refractivity (Wildman–Crippen MR) is 127 cm³/mol. The molecule has 4 rings (SSSR count). The second-order valence-electron chi connectivity index (χ2n) is 9.20. The number of hydrogen-bond donors (Lipinski definition) is 4. The van der Waals surface area contributed by atoms with E-state index in [4.69, 9.17) is 0 Å². The van der Waals surface area contributed by atoms with Crippen molar-refractivity contribution in [1.82, 2.24) is 31.4 Å². The summed E-state index contributed by atoms with van der Waals surface area (Å²) in [5, 5.41) is 18.6. The maximum Gasteiger partial charge on any atom is 0.250 e. The van der Waals surface area contributed by atoms with Crippen molar-refractivity contribution in [3.63, 3.8) is 0 Å². The first-order valence-corrected chi connectivity index (χ1v) is 11.9. The van der Waals surface area contributed by atoms with Crippen LogP contribution in [0.1, 0.15) is 50.4 Å². The monoisotopic (exact) mass is 481 g/mol. The lowest BCUT2D eigenvalue weighted by Crippen LogP contribution is -2.58. The average molecular weight is 482 g/mol. The Morgan fingerprint density at radius 2 is 2.03 bits per heavy atom. The molecule has 0 fully saturated rings. The van der Waals surface area contributed by atoms with E-state index in [0.29, 0.717) is 31.4 Å². The molecule has 0 bridgehead atoms. The predicted octanol–water partition coefficient (Wildman–Crippen LogP) is 0.361. The summed E-state index contributed by atoms with van der Waals surface area (Å²) in [7, 11) is 0. The molecule has 0 saturated carbocycles. The number of amides is 4. The maximum absolute atomic E-state index is 13.8. The van der Waals surface area contributed by atoms with Crippen LogP contribution in [-0.4, -0.2) is 57.2 Å². The Labute approximate surface area is 203 Å². The first-order chi connectivity index (χ1) is 16.8. The van der Waals surface area contributed by atoms with Gasteiger partial charge in [-0.15, -0.1) is 0 Å². The number of anilines is 1. The lowest BCUT2D eigenvalue weighted by molar-refractivity contribution is -0.132. The number of nitrogens with one attached hydrogen (secondary N) is 4. The Kier molecular flexibility index (Phi) is 7.13. The molecule has 2 aromatic rings. The highest BCUT2D eigenvalue weighted by Gasteiger charge is 2.44. The average Bonchev–Trinajstić information content (AvgIpc) is 3.47. The van der Waals surface area contributed by atoms with Gasteiger partial charge in [-0.1, -0.05) is 38.5 Å². The summed E-state index contributed by atoms with van der Waals surface area (Å²) in [5.74, 6) is -1.44. The molecule has 0 spiro atoms. The fourth-order valence-corrected chi connectivity index (χ4v) is 4.76. The third-order valence-corrected chi connectivity index (χ3v) is 6.79. The summed E-state index contributed by atoms with van der Waals surface area (Å²) in [6, 6.07) is 3.53. The van der Waals surface area contributed by atoms with Crippen LogP contribution in [0.2, 0.25) is 0 Å². The van der Waals surface area contributed by atoms with Crippen molar-refractivity contribution >= 4 is 29.3 Å². The number of aromatic amines is 1. The van der Waals surface area contributed by atoms with E-state index in [2.05, 4.69) is 31.4 Å². The molecule has 3 heterocycles. The Morgan fingerprint density at radius 1 is 1.26 bits per heavy atom. The first-order valence-electron chi connectivity index (χ1n) is 11.9. The van der Waals surface area contributed by atoms with Gasteiger partial charge in [0.2, 0.25) is 23.6 Å². The van der Waals surface area contributed by atoms with Crippen LogP contribution in [0.4, 0.5) is 5.69 Å². The molecule has 186 valence electrons. The van der Waals surface area contributed by atoms with Crippen LogP contribution in [0, 0.1) is 5.92 Å². The summed E-state index contributed by atoms with van der Waals surface area (Å²) in [6.45, 7) is 5.37. The fraction of sp³-hybridized carbons (Fsp3) is 0.500. The second-order valence-corrected chi connectivity index (χ2v) is 9.20. The third kappa shape index (κ3) is 5.03. The minimum atomic E-state index is -0.813. The summed E-state index contributed by atoms with van der Waals surface area (Å²) < 4.78 is 0.